The van der Waals surface area contributed by atoms with Crippen LogP contribution in [0, 0.1) is 11.3 Å². The van der Waals surface area contributed by atoms with Gasteiger partial charge in [0.05, 0.1) is 39.0 Å². The van der Waals surface area contributed by atoms with E-state index >= 15 is 0 Å². The second-order valence-corrected chi connectivity index (χ2v) is 12.2. The first-order valence-electron chi connectivity index (χ1n) is 15.5. The van der Waals surface area contributed by atoms with E-state index < -0.39 is 0 Å². The summed E-state index contributed by atoms with van der Waals surface area (Å²) in [5, 5.41) is 24.3. The molecule has 0 amide bonds. The number of pyridine rings is 1. The number of hydrogen-bond acceptors (Lipinski definition) is 2. The molecule has 0 bridgehead atoms. The molecule has 0 unspecified atom stereocenters. The van der Waals surface area contributed by atoms with Crippen molar-refractivity contribution in [3.63, 3.8) is 0 Å². The van der Waals surface area contributed by atoms with Crippen LogP contribution in [0.15, 0.2) is 134 Å². The third kappa shape index (κ3) is 2.73. The highest BCUT2D eigenvalue weighted by Crippen LogP contribution is 2.46. The molecule has 8 aromatic carbocycles. The SMILES string of the molecule is N#Cc1c(-n2c3cccc4c5ccccc5c5cccc2c5c43)cccc1-n1c2cccc3c4ccccc4c4nccc1c4c32. The van der Waals surface area contributed by atoms with Crippen LogP contribution in [0.25, 0.3) is 98.2 Å². The summed E-state index contributed by atoms with van der Waals surface area (Å²) in [4.78, 5) is 4.89. The van der Waals surface area contributed by atoms with Gasteiger partial charge in [0.25, 0.3) is 0 Å². The Morgan fingerprint density at radius 1 is 0.413 bits per heavy atom. The molecular formula is C42H22N4. The Hall–Kier alpha value is -6.44. The first-order valence-corrected chi connectivity index (χ1v) is 15.5. The van der Waals surface area contributed by atoms with Crippen molar-refractivity contribution in [1.29, 1.82) is 5.26 Å². The van der Waals surface area contributed by atoms with E-state index in [-0.39, 0.29) is 0 Å². The van der Waals surface area contributed by atoms with E-state index in [2.05, 4.69) is 143 Å². The Morgan fingerprint density at radius 2 is 0.826 bits per heavy atom. The van der Waals surface area contributed by atoms with Crippen molar-refractivity contribution in [1.82, 2.24) is 14.1 Å². The molecule has 4 heteroatoms. The Balaban J connectivity index is 1.30. The highest BCUT2D eigenvalue weighted by Gasteiger charge is 2.25. The van der Waals surface area contributed by atoms with Crippen molar-refractivity contribution >= 4 is 86.8 Å². The third-order valence-corrected chi connectivity index (χ3v) is 10.1. The zero-order chi connectivity index (χ0) is 30.1. The molecule has 0 atom stereocenters. The lowest BCUT2D eigenvalue weighted by molar-refractivity contribution is 1.12. The minimum Gasteiger partial charge on any atom is -0.308 e. The molecule has 11 aromatic rings. The van der Waals surface area contributed by atoms with Gasteiger partial charge in [-0.2, -0.15) is 5.26 Å². The molecule has 11 rings (SSSR count). The van der Waals surface area contributed by atoms with Crippen molar-refractivity contribution in [3.8, 4) is 17.4 Å². The zero-order valence-corrected chi connectivity index (χ0v) is 24.5. The van der Waals surface area contributed by atoms with Crippen LogP contribution >= 0.6 is 0 Å². The highest BCUT2D eigenvalue weighted by molar-refractivity contribution is 6.35. The predicted molar refractivity (Wildman–Crippen MR) is 190 cm³/mol. The fourth-order valence-corrected chi connectivity index (χ4v) is 8.40. The molecule has 46 heavy (non-hydrogen) atoms. The van der Waals surface area contributed by atoms with Gasteiger partial charge in [-0.25, -0.2) is 0 Å². The molecule has 210 valence electrons. The smallest absolute Gasteiger partial charge is 0.104 e. The average molecular weight is 583 g/mol. The van der Waals surface area contributed by atoms with Crippen LogP contribution in [-0.2, 0) is 0 Å². The third-order valence-electron chi connectivity index (χ3n) is 10.1. The van der Waals surface area contributed by atoms with Crippen molar-refractivity contribution in [2.75, 3.05) is 0 Å². The molecule has 0 fully saturated rings. The molecule has 0 N–H and O–H groups in total. The number of nitriles is 1. The van der Waals surface area contributed by atoms with Crippen LogP contribution < -0.4 is 0 Å². The van der Waals surface area contributed by atoms with Crippen LogP contribution in [0.1, 0.15) is 5.56 Å². The highest BCUT2D eigenvalue weighted by atomic mass is 15.0. The number of hydrogen-bond donors (Lipinski definition) is 0. The van der Waals surface area contributed by atoms with Gasteiger partial charge >= 0.3 is 0 Å². The molecule has 4 nitrogen and oxygen atoms in total. The van der Waals surface area contributed by atoms with Crippen molar-refractivity contribution in [2.24, 2.45) is 0 Å². The van der Waals surface area contributed by atoms with E-state index in [4.69, 9.17) is 4.98 Å². The van der Waals surface area contributed by atoms with Crippen LogP contribution in [0.4, 0.5) is 0 Å². The maximum atomic E-state index is 11.0. The molecule has 0 saturated heterocycles. The minimum absolute atomic E-state index is 0.633. The van der Waals surface area contributed by atoms with Gasteiger partial charge in [-0.1, -0.05) is 91.0 Å². The van der Waals surface area contributed by atoms with Gasteiger partial charge in [0, 0.05) is 33.1 Å². The largest absolute Gasteiger partial charge is 0.308 e. The number of aromatic nitrogens is 3. The number of benzene rings is 8. The molecule has 0 aliphatic heterocycles. The molecular weight excluding hydrogens is 560 g/mol. The zero-order valence-electron chi connectivity index (χ0n) is 24.5. The quantitative estimate of drug-likeness (QED) is 0.190. The van der Waals surface area contributed by atoms with E-state index in [0.717, 1.165) is 49.7 Å². The van der Waals surface area contributed by atoms with Crippen LogP contribution in [-0.4, -0.2) is 14.1 Å². The molecule has 0 radical (unpaired) electrons. The maximum Gasteiger partial charge on any atom is 0.104 e. The Morgan fingerprint density at radius 3 is 1.35 bits per heavy atom. The van der Waals surface area contributed by atoms with Crippen LogP contribution in [0.5, 0.6) is 0 Å². The Kier molecular flexibility index (Phi) is 4.36. The second kappa shape index (κ2) is 8.38. The molecule has 0 saturated carbocycles. The van der Waals surface area contributed by atoms with E-state index in [0.29, 0.717) is 5.56 Å². The Bertz CT molecular complexity index is 2720. The van der Waals surface area contributed by atoms with E-state index in [9.17, 15) is 5.26 Å². The van der Waals surface area contributed by atoms with Gasteiger partial charge in [0.2, 0.25) is 0 Å². The fourth-order valence-electron chi connectivity index (χ4n) is 8.40. The van der Waals surface area contributed by atoms with Crippen LogP contribution in [0.2, 0.25) is 0 Å². The van der Waals surface area contributed by atoms with Gasteiger partial charge in [0.15, 0.2) is 0 Å². The summed E-state index contributed by atoms with van der Waals surface area (Å²) < 4.78 is 4.57. The first kappa shape index (κ1) is 23.9. The van der Waals surface area contributed by atoms with E-state index in [1.807, 2.05) is 6.20 Å². The van der Waals surface area contributed by atoms with Gasteiger partial charge in [0.1, 0.15) is 11.6 Å². The van der Waals surface area contributed by atoms with E-state index in [1.165, 1.54) is 48.5 Å². The standard InChI is InChI=1S/C42H22N4/c43-23-31-32(45-34-18-5-13-27-24-9-1-2-10-25(24)28-14-6-19-35(45)39(28)38(27)34)16-8-17-33(31)46-36-20-7-15-29-26-11-3-4-12-30(26)42-41(40(29)36)37(46)21-22-44-42/h1-22H. The van der Waals surface area contributed by atoms with Gasteiger partial charge in [-0.15, -0.1) is 0 Å². The summed E-state index contributed by atoms with van der Waals surface area (Å²) in [7, 11) is 0. The summed E-state index contributed by atoms with van der Waals surface area (Å²) in [6, 6.07) is 47.8. The molecule has 0 aliphatic rings. The predicted octanol–water partition coefficient (Wildman–Crippen LogP) is 10.6. The van der Waals surface area contributed by atoms with Gasteiger partial charge < -0.3 is 9.13 Å². The molecule has 3 aromatic heterocycles. The summed E-state index contributed by atoms with van der Waals surface area (Å²) in [6.07, 6.45) is 1.90. The number of rotatable bonds is 2. The monoisotopic (exact) mass is 582 g/mol. The van der Waals surface area contributed by atoms with Gasteiger partial charge in [-0.05, 0) is 68.7 Å². The number of fused-ring (bicyclic) bond motifs is 6. The maximum absolute atomic E-state index is 11.0. The van der Waals surface area contributed by atoms with Crippen LogP contribution in [0.3, 0.4) is 0 Å². The minimum atomic E-state index is 0.633. The molecule has 3 heterocycles. The fraction of sp³-hybridized carbons (Fsp3) is 0. The summed E-state index contributed by atoms with van der Waals surface area (Å²) in [5.74, 6) is 0. The topological polar surface area (TPSA) is 46.5 Å². The van der Waals surface area contributed by atoms with Crippen molar-refractivity contribution in [3.05, 3.63) is 139 Å². The first-order chi connectivity index (χ1) is 22.8. The van der Waals surface area contributed by atoms with Crippen molar-refractivity contribution in [2.45, 2.75) is 0 Å². The summed E-state index contributed by atoms with van der Waals surface area (Å²) in [5.41, 5.74) is 7.69. The van der Waals surface area contributed by atoms with Crippen molar-refractivity contribution < 1.29 is 0 Å². The molecule has 0 spiro atoms. The van der Waals surface area contributed by atoms with Gasteiger partial charge in [-0.3, -0.25) is 4.98 Å². The normalized spacial score (nSPS) is 12.3. The molecule has 0 aliphatic carbocycles. The summed E-state index contributed by atoms with van der Waals surface area (Å²) >= 11 is 0. The second-order valence-electron chi connectivity index (χ2n) is 12.2. The summed E-state index contributed by atoms with van der Waals surface area (Å²) in [6.45, 7) is 0. The average Bonchev–Trinajstić information content (AvgIpc) is 3.64. The Labute approximate surface area is 262 Å². The lowest BCUT2D eigenvalue weighted by atomic mass is 9.95. The number of nitrogens with zero attached hydrogens (tertiary/aromatic N) is 4. The van der Waals surface area contributed by atoms with E-state index in [1.54, 1.807) is 0 Å². The lowest BCUT2D eigenvalue weighted by Gasteiger charge is -2.15. The lowest BCUT2D eigenvalue weighted by Crippen LogP contribution is -2.03.